The number of hydrazine groups is 1. The molecule has 0 bridgehead atoms. The van der Waals surface area contributed by atoms with Gasteiger partial charge in [-0.05, 0) is 50.2 Å². The van der Waals surface area contributed by atoms with Crippen molar-refractivity contribution in [2.24, 2.45) is 0 Å². The molecule has 0 radical (unpaired) electrons. The van der Waals surface area contributed by atoms with E-state index in [9.17, 15) is 17.6 Å². The minimum atomic E-state index is -3.68. The fraction of sp³-hybridized carbons (Fsp3) is 0.278. The predicted molar refractivity (Wildman–Crippen MR) is 99.5 cm³/mol. The smallest absolute Gasteiger partial charge is 0.269 e. The highest BCUT2D eigenvalue weighted by Crippen LogP contribution is 2.23. The largest absolute Gasteiger partial charge is 0.320 e. The minimum absolute atomic E-state index is 0.153. The van der Waals surface area contributed by atoms with Crippen LogP contribution in [0.3, 0.4) is 0 Å². The van der Waals surface area contributed by atoms with E-state index in [0.717, 1.165) is 11.1 Å². The van der Waals surface area contributed by atoms with Crippen molar-refractivity contribution in [3.05, 3.63) is 59.4 Å². The first-order valence-electron chi connectivity index (χ1n) is 8.13. The lowest BCUT2D eigenvalue weighted by Gasteiger charge is -2.10. The normalized spacial score (nSPS) is 11.3. The fourth-order valence-electron chi connectivity index (χ4n) is 2.38. The zero-order chi connectivity index (χ0) is 19.2. The molecule has 8 heteroatoms. The molecule has 2 rings (SSSR count). The molecule has 0 aliphatic carbocycles. The van der Waals surface area contributed by atoms with Crippen molar-refractivity contribution in [3.63, 3.8) is 0 Å². The summed E-state index contributed by atoms with van der Waals surface area (Å²) >= 11 is 0. The first-order valence-corrected chi connectivity index (χ1v) is 9.78. The van der Waals surface area contributed by atoms with Gasteiger partial charge in [0.2, 0.25) is 10.0 Å². The van der Waals surface area contributed by atoms with Gasteiger partial charge in [-0.1, -0.05) is 35.9 Å². The summed E-state index contributed by atoms with van der Waals surface area (Å²) in [7, 11) is -1.97. The van der Waals surface area contributed by atoms with Gasteiger partial charge < -0.3 is 5.32 Å². The molecule has 0 fully saturated rings. The van der Waals surface area contributed by atoms with Crippen LogP contribution < -0.4 is 15.6 Å². The molecule has 2 aromatic carbocycles. The van der Waals surface area contributed by atoms with Crippen LogP contribution in [0.4, 0.5) is 4.39 Å². The van der Waals surface area contributed by atoms with Crippen molar-refractivity contribution < 1.29 is 17.6 Å². The van der Waals surface area contributed by atoms with Crippen molar-refractivity contribution in [2.75, 3.05) is 19.3 Å². The second-order valence-electron chi connectivity index (χ2n) is 5.90. The van der Waals surface area contributed by atoms with Gasteiger partial charge >= 0.3 is 0 Å². The molecule has 26 heavy (non-hydrogen) atoms. The van der Waals surface area contributed by atoms with Crippen molar-refractivity contribution in [1.29, 1.82) is 0 Å². The second-order valence-corrected chi connectivity index (χ2v) is 7.74. The maximum Gasteiger partial charge on any atom is 0.269 e. The molecule has 0 saturated heterocycles. The Morgan fingerprint density at radius 1 is 1.12 bits per heavy atom. The number of aryl methyl sites for hydroxylation is 1. The third-order valence-corrected chi connectivity index (χ3v) is 4.96. The summed E-state index contributed by atoms with van der Waals surface area (Å²) in [4.78, 5) is 14.2. The summed E-state index contributed by atoms with van der Waals surface area (Å²) in [6.07, 6.45) is 0.388. The van der Waals surface area contributed by atoms with Crippen LogP contribution in [0.1, 0.15) is 22.3 Å². The molecule has 0 unspecified atom stereocenters. The van der Waals surface area contributed by atoms with Gasteiger partial charge in [-0.2, -0.15) is 0 Å². The van der Waals surface area contributed by atoms with Gasteiger partial charge in [-0.25, -0.2) is 12.8 Å². The van der Waals surface area contributed by atoms with Crippen LogP contribution in [-0.4, -0.2) is 33.7 Å². The summed E-state index contributed by atoms with van der Waals surface area (Å²) < 4.78 is 37.6. The molecule has 0 aromatic heterocycles. The lowest BCUT2D eigenvalue weighted by atomic mass is 10.0. The van der Waals surface area contributed by atoms with E-state index >= 15 is 0 Å². The van der Waals surface area contributed by atoms with Crippen LogP contribution in [0, 0.1) is 12.7 Å². The number of sulfonamides is 1. The Balaban J connectivity index is 2.12. The number of amides is 1. The Morgan fingerprint density at radius 2 is 1.85 bits per heavy atom. The van der Waals surface area contributed by atoms with Gasteiger partial charge in [0.1, 0.15) is 5.82 Å². The lowest BCUT2D eigenvalue weighted by molar-refractivity contribution is 0.0941. The van der Waals surface area contributed by atoms with Crippen LogP contribution >= 0.6 is 0 Å². The molecule has 0 aliphatic heterocycles. The highest BCUT2D eigenvalue weighted by atomic mass is 32.2. The van der Waals surface area contributed by atoms with Crippen molar-refractivity contribution in [1.82, 2.24) is 15.6 Å². The Bertz CT molecular complexity index is 885. The zero-order valence-electron chi connectivity index (χ0n) is 14.7. The Morgan fingerprint density at radius 3 is 2.54 bits per heavy atom. The molecule has 0 aliphatic rings. The first-order chi connectivity index (χ1) is 12.3. The second kappa shape index (κ2) is 8.88. The number of halogens is 1. The Labute approximate surface area is 152 Å². The molecule has 2 aromatic rings. The maximum absolute atomic E-state index is 14.0. The van der Waals surface area contributed by atoms with Crippen LogP contribution in [0.5, 0.6) is 0 Å². The highest BCUT2D eigenvalue weighted by molar-refractivity contribution is 7.89. The summed E-state index contributed by atoms with van der Waals surface area (Å²) in [5, 5.41) is 2.84. The van der Waals surface area contributed by atoms with E-state index in [-0.39, 0.29) is 11.3 Å². The average Bonchev–Trinajstić information content (AvgIpc) is 2.60. The maximum atomic E-state index is 14.0. The van der Waals surface area contributed by atoms with E-state index in [0.29, 0.717) is 18.5 Å². The van der Waals surface area contributed by atoms with Gasteiger partial charge in [0.25, 0.3) is 5.91 Å². The third kappa shape index (κ3) is 5.62. The number of carbonyl (C=O) groups excluding carboxylic acids is 1. The van der Waals surface area contributed by atoms with Crippen molar-refractivity contribution in [3.8, 4) is 11.1 Å². The van der Waals surface area contributed by atoms with Crippen molar-refractivity contribution >= 4 is 15.9 Å². The average molecular weight is 379 g/mol. The molecule has 6 nitrogen and oxygen atoms in total. The van der Waals surface area contributed by atoms with E-state index < -0.39 is 21.7 Å². The van der Waals surface area contributed by atoms with Crippen molar-refractivity contribution in [2.45, 2.75) is 13.3 Å². The highest BCUT2D eigenvalue weighted by Gasteiger charge is 2.16. The van der Waals surface area contributed by atoms with Crippen LogP contribution in [0.2, 0.25) is 0 Å². The first kappa shape index (κ1) is 20.0. The van der Waals surface area contributed by atoms with E-state index in [4.69, 9.17) is 0 Å². The standard InChI is InChI=1S/C18H22FN3O3S/c1-13-5-3-6-14(11-13)15-7-8-17(19)16(12-15)18(23)21-22-26(24,25)10-4-9-20-2/h3,5-8,11-12,20,22H,4,9-10H2,1-2H3,(H,21,23). The number of benzene rings is 2. The quantitative estimate of drug-likeness (QED) is 0.483. The van der Waals surface area contributed by atoms with E-state index in [2.05, 4.69) is 10.7 Å². The molecule has 3 N–H and O–H groups in total. The number of hydrogen-bond donors (Lipinski definition) is 3. The molecule has 1 amide bonds. The number of nitrogens with one attached hydrogen (secondary N) is 3. The summed E-state index contributed by atoms with van der Waals surface area (Å²) in [5.74, 6) is -1.73. The molecular formula is C18H22FN3O3S. The molecule has 0 atom stereocenters. The molecule has 140 valence electrons. The molecule has 0 heterocycles. The number of rotatable bonds is 8. The lowest BCUT2D eigenvalue weighted by Crippen LogP contribution is -2.43. The number of hydrogen-bond acceptors (Lipinski definition) is 4. The summed E-state index contributed by atoms with van der Waals surface area (Å²) in [6, 6.07) is 11.7. The predicted octanol–water partition coefficient (Wildman–Crippen LogP) is 1.97. The Hall–Kier alpha value is -2.29. The van der Waals surface area contributed by atoms with Gasteiger partial charge in [0.05, 0.1) is 11.3 Å². The molecule has 0 saturated carbocycles. The van der Waals surface area contributed by atoms with E-state index in [1.807, 2.05) is 36.0 Å². The number of carbonyl (C=O) groups is 1. The van der Waals surface area contributed by atoms with Crippen LogP contribution in [0.25, 0.3) is 11.1 Å². The van der Waals surface area contributed by atoms with Gasteiger partial charge in [0.15, 0.2) is 0 Å². The SMILES string of the molecule is CNCCCS(=O)(=O)NNC(=O)c1cc(-c2cccc(C)c2)ccc1F. The topological polar surface area (TPSA) is 87.3 Å². The van der Waals surface area contributed by atoms with E-state index in [1.165, 1.54) is 12.1 Å². The molecule has 0 spiro atoms. The van der Waals surface area contributed by atoms with Gasteiger partial charge in [-0.3, -0.25) is 10.2 Å². The van der Waals surface area contributed by atoms with Gasteiger partial charge in [0, 0.05) is 0 Å². The van der Waals surface area contributed by atoms with Crippen LogP contribution in [-0.2, 0) is 10.0 Å². The Kier molecular flexibility index (Phi) is 6.84. The summed E-state index contributed by atoms with van der Waals surface area (Å²) in [6.45, 7) is 2.46. The monoisotopic (exact) mass is 379 g/mol. The van der Waals surface area contributed by atoms with Crippen LogP contribution in [0.15, 0.2) is 42.5 Å². The summed E-state index contributed by atoms with van der Waals surface area (Å²) in [5.41, 5.74) is 4.36. The van der Waals surface area contributed by atoms with E-state index in [1.54, 1.807) is 13.1 Å². The third-order valence-electron chi connectivity index (χ3n) is 3.72. The zero-order valence-corrected chi connectivity index (χ0v) is 15.5. The van der Waals surface area contributed by atoms with Gasteiger partial charge in [-0.15, -0.1) is 4.83 Å². The minimum Gasteiger partial charge on any atom is -0.320 e. The molecular weight excluding hydrogens is 357 g/mol. The fourth-order valence-corrected chi connectivity index (χ4v) is 3.26.